The van der Waals surface area contributed by atoms with Crippen molar-refractivity contribution in [3.63, 3.8) is 0 Å². The molecule has 1 aromatic heterocycles. The van der Waals surface area contributed by atoms with Crippen molar-refractivity contribution in [1.82, 2.24) is 14.9 Å². The maximum atomic E-state index is 12.3. The smallest absolute Gasteiger partial charge is 0.240 e. The van der Waals surface area contributed by atoms with E-state index in [1.807, 2.05) is 47.0 Å². The molecule has 0 atom stereocenters. The molecule has 3 rings (SSSR count). The molecular weight excluding hydrogens is 298 g/mol. The van der Waals surface area contributed by atoms with Gasteiger partial charge in [-0.25, -0.2) is 4.98 Å². The number of hydrogen-bond acceptors (Lipinski definition) is 2. The summed E-state index contributed by atoms with van der Waals surface area (Å²) in [5.41, 5.74) is 3.28. The van der Waals surface area contributed by atoms with Crippen LogP contribution < -0.4 is 5.32 Å². The summed E-state index contributed by atoms with van der Waals surface area (Å²) in [4.78, 5) is 16.9. The van der Waals surface area contributed by atoms with Crippen LogP contribution in [0.2, 0.25) is 0 Å². The Morgan fingerprint density at radius 2 is 1.83 bits per heavy atom. The number of nitrogens with zero attached hydrogens (tertiary/aromatic N) is 2. The summed E-state index contributed by atoms with van der Waals surface area (Å²) in [6.45, 7) is 3.09. The molecule has 1 heterocycles. The summed E-state index contributed by atoms with van der Waals surface area (Å²) in [6.07, 6.45) is 2.74. The maximum absolute atomic E-state index is 12.3. The van der Waals surface area contributed by atoms with Crippen LogP contribution in [0.15, 0.2) is 54.6 Å². The van der Waals surface area contributed by atoms with Gasteiger partial charge in [0.1, 0.15) is 12.4 Å². The molecule has 0 spiro atoms. The summed E-state index contributed by atoms with van der Waals surface area (Å²) in [6, 6.07) is 18.3. The molecule has 1 amide bonds. The zero-order valence-electron chi connectivity index (χ0n) is 14.0. The van der Waals surface area contributed by atoms with Gasteiger partial charge in [0, 0.05) is 13.0 Å². The van der Waals surface area contributed by atoms with E-state index < -0.39 is 0 Å². The van der Waals surface area contributed by atoms with Crippen LogP contribution in [-0.2, 0) is 24.2 Å². The van der Waals surface area contributed by atoms with Gasteiger partial charge < -0.3 is 9.88 Å². The second kappa shape index (κ2) is 7.77. The molecule has 0 aliphatic heterocycles. The SMILES string of the molecule is CCc1nc2ccccc2n1CC(=O)NCCCc1ccccc1. The Morgan fingerprint density at radius 1 is 1.08 bits per heavy atom. The molecule has 0 unspecified atom stereocenters. The first-order valence-corrected chi connectivity index (χ1v) is 8.52. The number of rotatable bonds is 7. The largest absolute Gasteiger partial charge is 0.355 e. The minimum absolute atomic E-state index is 0.0425. The predicted octanol–water partition coefficient (Wildman–Crippen LogP) is 3.35. The zero-order chi connectivity index (χ0) is 16.8. The molecular formula is C20H23N3O. The predicted molar refractivity (Wildman–Crippen MR) is 96.9 cm³/mol. The van der Waals surface area contributed by atoms with Gasteiger partial charge in [-0.2, -0.15) is 0 Å². The lowest BCUT2D eigenvalue weighted by Crippen LogP contribution is -2.29. The van der Waals surface area contributed by atoms with E-state index in [4.69, 9.17) is 0 Å². The van der Waals surface area contributed by atoms with Crippen LogP contribution in [0, 0.1) is 0 Å². The van der Waals surface area contributed by atoms with E-state index in [0.29, 0.717) is 13.1 Å². The Balaban J connectivity index is 1.55. The van der Waals surface area contributed by atoms with Crippen molar-refractivity contribution in [3.05, 3.63) is 66.0 Å². The molecule has 124 valence electrons. The van der Waals surface area contributed by atoms with E-state index in [-0.39, 0.29) is 5.91 Å². The van der Waals surface area contributed by atoms with Crippen molar-refractivity contribution in [3.8, 4) is 0 Å². The summed E-state index contributed by atoms with van der Waals surface area (Å²) < 4.78 is 2.02. The van der Waals surface area contributed by atoms with Gasteiger partial charge in [-0.05, 0) is 30.5 Å². The van der Waals surface area contributed by atoms with E-state index in [2.05, 4.69) is 29.4 Å². The molecule has 4 nitrogen and oxygen atoms in total. The number of carbonyl (C=O) groups excluding carboxylic acids is 1. The second-order valence-corrected chi connectivity index (χ2v) is 5.90. The number of nitrogens with one attached hydrogen (secondary N) is 1. The molecule has 0 bridgehead atoms. The van der Waals surface area contributed by atoms with Crippen LogP contribution in [0.3, 0.4) is 0 Å². The first-order valence-electron chi connectivity index (χ1n) is 8.52. The highest BCUT2D eigenvalue weighted by Crippen LogP contribution is 2.16. The summed E-state index contributed by atoms with van der Waals surface area (Å²) in [5, 5.41) is 3.02. The van der Waals surface area contributed by atoms with Gasteiger partial charge in [0.15, 0.2) is 0 Å². The van der Waals surface area contributed by atoms with Crippen LogP contribution in [-0.4, -0.2) is 22.0 Å². The third-order valence-electron chi connectivity index (χ3n) is 4.16. The van der Waals surface area contributed by atoms with E-state index in [1.165, 1.54) is 5.56 Å². The third kappa shape index (κ3) is 3.82. The first-order chi connectivity index (χ1) is 11.8. The minimum Gasteiger partial charge on any atom is -0.355 e. The van der Waals surface area contributed by atoms with E-state index in [0.717, 1.165) is 36.1 Å². The van der Waals surface area contributed by atoms with Crippen molar-refractivity contribution in [2.45, 2.75) is 32.7 Å². The fourth-order valence-corrected chi connectivity index (χ4v) is 2.94. The fraction of sp³-hybridized carbons (Fsp3) is 0.300. The number of imidazole rings is 1. The topological polar surface area (TPSA) is 46.9 Å². The standard InChI is InChI=1S/C20H23N3O/c1-2-19-22-17-12-6-7-13-18(17)23(19)15-20(24)21-14-8-11-16-9-4-3-5-10-16/h3-7,9-10,12-13H,2,8,11,14-15H2,1H3,(H,21,24). The molecule has 3 aromatic rings. The Morgan fingerprint density at radius 3 is 2.62 bits per heavy atom. The summed E-state index contributed by atoms with van der Waals surface area (Å²) in [7, 11) is 0. The van der Waals surface area contributed by atoms with Crippen molar-refractivity contribution in [2.75, 3.05) is 6.54 Å². The molecule has 24 heavy (non-hydrogen) atoms. The number of benzene rings is 2. The molecule has 0 radical (unpaired) electrons. The fourth-order valence-electron chi connectivity index (χ4n) is 2.94. The number of carbonyl (C=O) groups is 1. The molecule has 2 aromatic carbocycles. The monoisotopic (exact) mass is 321 g/mol. The molecule has 0 saturated carbocycles. The minimum atomic E-state index is 0.0425. The quantitative estimate of drug-likeness (QED) is 0.678. The van der Waals surface area contributed by atoms with Crippen LogP contribution in [0.5, 0.6) is 0 Å². The van der Waals surface area contributed by atoms with Gasteiger partial charge >= 0.3 is 0 Å². The average Bonchev–Trinajstić information content (AvgIpc) is 2.97. The molecule has 0 aliphatic rings. The Kier molecular flexibility index (Phi) is 5.26. The Hall–Kier alpha value is -2.62. The van der Waals surface area contributed by atoms with Crippen LogP contribution in [0.1, 0.15) is 24.7 Å². The number of hydrogen-bond donors (Lipinski definition) is 1. The number of aromatic nitrogens is 2. The number of aryl methyl sites for hydroxylation is 2. The highest BCUT2D eigenvalue weighted by Gasteiger charge is 2.11. The van der Waals surface area contributed by atoms with Gasteiger partial charge in [-0.15, -0.1) is 0 Å². The number of para-hydroxylation sites is 2. The number of fused-ring (bicyclic) bond motifs is 1. The zero-order valence-corrected chi connectivity index (χ0v) is 14.0. The second-order valence-electron chi connectivity index (χ2n) is 5.90. The van der Waals surface area contributed by atoms with E-state index >= 15 is 0 Å². The van der Waals surface area contributed by atoms with Crippen molar-refractivity contribution >= 4 is 16.9 Å². The van der Waals surface area contributed by atoms with Gasteiger partial charge in [0.05, 0.1) is 11.0 Å². The van der Waals surface area contributed by atoms with Gasteiger partial charge in [-0.1, -0.05) is 49.4 Å². The van der Waals surface area contributed by atoms with Crippen molar-refractivity contribution in [1.29, 1.82) is 0 Å². The van der Waals surface area contributed by atoms with Gasteiger partial charge in [0.25, 0.3) is 0 Å². The van der Waals surface area contributed by atoms with E-state index in [1.54, 1.807) is 0 Å². The lowest BCUT2D eigenvalue weighted by atomic mass is 10.1. The first kappa shape index (κ1) is 16.2. The van der Waals surface area contributed by atoms with Crippen LogP contribution in [0.4, 0.5) is 0 Å². The summed E-state index contributed by atoms with van der Waals surface area (Å²) >= 11 is 0. The number of amides is 1. The van der Waals surface area contributed by atoms with Crippen molar-refractivity contribution in [2.24, 2.45) is 0 Å². The highest BCUT2D eigenvalue weighted by atomic mass is 16.1. The molecule has 0 aliphatic carbocycles. The Labute approximate surface area is 142 Å². The highest BCUT2D eigenvalue weighted by molar-refractivity contribution is 5.81. The lowest BCUT2D eigenvalue weighted by Gasteiger charge is -2.09. The average molecular weight is 321 g/mol. The lowest BCUT2D eigenvalue weighted by molar-refractivity contribution is -0.121. The maximum Gasteiger partial charge on any atom is 0.240 e. The summed E-state index contributed by atoms with van der Waals surface area (Å²) in [5.74, 6) is 0.997. The molecule has 4 heteroatoms. The van der Waals surface area contributed by atoms with Gasteiger partial charge in [0.2, 0.25) is 5.91 Å². The van der Waals surface area contributed by atoms with Crippen LogP contribution in [0.25, 0.3) is 11.0 Å². The third-order valence-corrected chi connectivity index (χ3v) is 4.16. The van der Waals surface area contributed by atoms with E-state index in [9.17, 15) is 4.79 Å². The normalized spacial score (nSPS) is 10.9. The molecule has 0 fully saturated rings. The van der Waals surface area contributed by atoms with Gasteiger partial charge in [-0.3, -0.25) is 4.79 Å². The van der Waals surface area contributed by atoms with Crippen LogP contribution >= 0.6 is 0 Å². The van der Waals surface area contributed by atoms with Crippen molar-refractivity contribution < 1.29 is 4.79 Å². The molecule has 1 N–H and O–H groups in total. The molecule has 0 saturated heterocycles. The Bertz CT molecular complexity index is 808.